The fourth-order valence-corrected chi connectivity index (χ4v) is 3.10. The van der Waals surface area contributed by atoms with Crippen molar-refractivity contribution in [1.29, 1.82) is 0 Å². The number of nitrogens with zero attached hydrogens (tertiary/aromatic N) is 1. The highest BCUT2D eigenvalue weighted by atomic mass is 19.1. The Morgan fingerprint density at radius 1 is 1.30 bits per heavy atom. The summed E-state index contributed by atoms with van der Waals surface area (Å²) < 4.78 is 32.0. The van der Waals surface area contributed by atoms with Crippen molar-refractivity contribution < 1.29 is 23.7 Å². The summed E-state index contributed by atoms with van der Waals surface area (Å²) in [6.45, 7) is 3.48. The van der Waals surface area contributed by atoms with Crippen LogP contribution < -0.4 is 11.2 Å². The van der Waals surface area contributed by atoms with Gasteiger partial charge in [0.15, 0.2) is 12.0 Å². The highest BCUT2D eigenvalue weighted by Crippen LogP contribution is 2.45. The van der Waals surface area contributed by atoms with E-state index in [2.05, 4.69) is 0 Å². The second-order valence-corrected chi connectivity index (χ2v) is 5.67. The van der Waals surface area contributed by atoms with Crippen LogP contribution in [0.5, 0.6) is 0 Å². The molecule has 1 aromatic heterocycles. The second kappa shape index (κ2) is 5.82. The number of nitrogens with one attached hydrogen (secondary N) is 1. The molecule has 0 amide bonds. The van der Waals surface area contributed by atoms with E-state index in [0.717, 1.165) is 10.8 Å². The minimum Gasteiger partial charge on any atom is -0.394 e. The van der Waals surface area contributed by atoms with Crippen LogP contribution in [0.3, 0.4) is 0 Å². The zero-order chi connectivity index (χ0) is 16.8. The summed E-state index contributed by atoms with van der Waals surface area (Å²) in [6, 6.07) is 0. The van der Waals surface area contributed by atoms with E-state index in [1.165, 1.54) is 0 Å². The van der Waals surface area contributed by atoms with Crippen LogP contribution in [0, 0.1) is 5.82 Å². The Labute approximate surface area is 130 Å². The predicted octanol–water partition coefficient (Wildman–Crippen LogP) is -0.134. The van der Waals surface area contributed by atoms with Gasteiger partial charge in [-0.2, -0.15) is 4.39 Å². The number of hydrogen-bond acceptors (Lipinski definition) is 6. The molecule has 8 nitrogen and oxygen atoms in total. The summed E-state index contributed by atoms with van der Waals surface area (Å²) in [7, 11) is 0. The van der Waals surface area contributed by atoms with E-state index >= 15 is 0 Å². The number of H-pyrrole nitrogens is 1. The number of aliphatic hydroxyl groups excluding tert-OH is 1. The summed E-state index contributed by atoms with van der Waals surface area (Å²) in [6.07, 6.45) is -1.01. The largest absolute Gasteiger partial charge is 0.394 e. The zero-order valence-electron chi connectivity index (χ0n) is 12.8. The van der Waals surface area contributed by atoms with E-state index < -0.39 is 47.4 Å². The van der Waals surface area contributed by atoms with Gasteiger partial charge in [-0.15, -0.1) is 0 Å². The Kier molecular flexibility index (Phi) is 4.13. The normalized spacial score (nSPS) is 32.2. The summed E-state index contributed by atoms with van der Waals surface area (Å²) in [5.74, 6) is -1.93. The first-order valence-electron chi connectivity index (χ1n) is 7.57. The fourth-order valence-electron chi connectivity index (χ4n) is 3.10. The van der Waals surface area contributed by atoms with Gasteiger partial charge in [-0.3, -0.25) is 14.3 Å². The highest BCUT2D eigenvalue weighted by molar-refractivity contribution is 5.00. The topological polar surface area (TPSA) is 103 Å². The molecule has 0 spiro atoms. The lowest BCUT2D eigenvalue weighted by Crippen LogP contribution is -2.39. The Morgan fingerprint density at radius 2 is 1.96 bits per heavy atom. The van der Waals surface area contributed by atoms with E-state index in [1.54, 1.807) is 0 Å². The summed E-state index contributed by atoms with van der Waals surface area (Å²) in [4.78, 5) is 25.0. The van der Waals surface area contributed by atoms with Crippen LogP contribution in [0.25, 0.3) is 0 Å². The average Bonchev–Trinajstić information content (AvgIpc) is 3.07. The Balaban J connectivity index is 2.00. The first-order chi connectivity index (χ1) is 10.9. The van der Waals surface area contributed by atoms with Gasteiger partial charge in [0, 0.05) is 0 Å². The Morgan fingerprint density at radius 3 is 2.57 bits per heavy atom. The molecule has 1 unspecified atom stereocenters. The molecule has 1 aromatic rings. The molecule has 3 heterocycles. The van der Waals surface area contributed by atoms with Gasteiger partial charge in [-0.05, 0) is 12.8 Å². The van der Waals surface area contributed by atoms with Crippen molar-refractivity contribution in [2.24, 2.45) is 0 Å². The molecule has 2 fully saturated rings. The molecule has 4 atom stereocenters. The third kappa shape index (κ3) is 2.53. The van der Waals surface area contributed by atoms with E-state index in [1.807, 2.05) is 18.8 Å². The van der Waals surface area contributed by atoms with Gasteiger partial charge in [0.05, 0.1) is 12.8 Å². The average molecular weight is 330 g/mol. The van der Waals surface area contributed by atoms with Gasteiger partial charge in [0.2, 0.25) is 5.82 Å². The molecule has 0 radical (unpaired) electrons. The van der Waals surface area contributed by atoms with Crippen molar-refractivity contribution in [3.05, 3.63) is 32.9 Å². The van der Waals surface area contributed by atoms with Crippen molar-refractivity contribution in [3.63, 3.8) is 0 Å². The number of halogens is 1. The SMILES string of the molecule is CCC1(CC)OC2[C@@H](O1)[C@@H](CO)O[C@H]2n1cc(F)c(=O)[nH]c1=O. The van der Waals surface area contributed by atoms with Crippen LogP contribution >= 0.6 is 0 Å². The first-order valence-corrected chi connectivity index (χ1v) is 7.57. The quantitative estimate of drug-likeness (QED) is 0.797. The molecule has 2 aliphatic rings. The van der Waals surface area contributed by atoms with Gasteiger partial charge < -0.3 is 19.3 Å². The van der Waals surface area contributed by atoms with Crippen molar-refractivity contribution in [2.45, 2.75) is 57.0 Å². The van der Waals surface area contributed by atoms with Crippen LogP contribution in [0.15, 0.2) is 15.8 Å². The first kappa shape index (κ1) is 16.3. The van der Waals surface area contributed by atoms with E-state index in [9.17, 15) is 19.1 Å². The van der Waals surface area contributed by atoms with Gasteiger partial charge in [-0.1, -0.05) is 13.8 Å². The lowest BCUT2D eigenvalue weighted by molar-refractivity contribution is -0.223. The molecule has 0 bridgehead atoms. The fraction of sp³-hybridized carbons (Fsp3) is 0.714. The third-order valence-corrected chi connectivity index (χ3v) is 4.44. The van der Waals surface area contributed by atoms with Gasteiger partial charge in [0.1, 0.15) is 18.3 Å². The molecule has 23 heavy (non-hydrogen) atoms. The van der Waals surface area contributed by atoms with Crippen molar-refractivity contribution in [2.75, 3.05) is 6.61 Å². The van der Waals surface area contributed by atoms with Crippen molar-refractivity contribution in [1.82, 2.24) is 9.55 Å². The van der Waals surface area contributed by atoms with Crippen LogP contribution in [-0.2, 0) is 14.2 Å². The number of hydrogen-bond donors (Lipinski definition) is 2. The standard InChI is InChI=1S/C14H19FN2O6/c1-3-14(4-2)22-9-8(6-18)21-12(10(9)23-14)17-5-7(15)11(19)16-13(17)20/h5,8-10,12,18H,3-4,6H2,1-2H3,(H,16,19,20)/t8-,9+,10?,12-/m1/s1. The maximum atomic E-state index is 13.5. The zero-order valence-corrected chi connectivity index (χ0v) is 12.8. The summed E-state index contributed by atoms with van der Waals surface area (Å²) in [5.41, 5.74) is -1.91. The Hall–Kier alpha value is -1.55. The van der Waals surface area contributed by atoms with Crippen LogP contribution in [0.1, 0.15) is 32.9 Å². The number of aromatic nitrogens is 2. The minimum atomic E-state index is -1.10. The minimum absolute atomic E-state index is 0.328. The lowest BCUT2D eigenvalue weighted by Gasteiger charge is -2.29. The molecular weight excluding hydrogens is 311 g/mol. The molecule has 3 rings (SSSR count). The van der Waals surface area contributed by atoms with Crippen LogP contribution in [0.4, 0.5) is 4.39 Å². The van der Waals surface area contributed by atoms with Crippen LogP contribution in [-0.4, -0.2) is 45.4 Å². The molecule has 0 aromatic carbocycles. The molecule has 9 heteroatoms. The maximum absolute atomic E-state index is 13.5. The van der Waals surface area contributed by atoms with Gasteiger partial charge in [0.25, 0.3) is 5.56 Å². The van der Waals surface area contributed by atoms with Crippen molar-refractivity contribution in [3.8, 4) is 0 Å². The van der Waals surface area contributed by atoms with E-state index in [0.29, 0.717) is 12.8 Å². The second-order valence-electron chi connectivity index (χ2n) is 5.67. The highest BCUT2D eigenvalue weighted by Gasteiger charge is 2.57. The predicted molar refractivity (Wildman–Crippen MR) is 75.3 cm³/mol. The van der Waals surface area contributed by atoms with Gasteiger partial charge >= 0.3 is 5.69 Å². The van der Waals surface area contributed by atoms with Gasteiger partial charge in [-0.25, -0.2) is 4.79 Å². The molecule has 0 aliphatic carbocycles. The maximum Gasteiger partial charge on any atom is 0.330 e. The van der Waals surface area contributed by atoms with E-state index in [-0.39, 0.29) is 6.61 Å². The third-order valence-electron chi connectivity index (χ3n) is 4.44. The molecule has 2 N–H and O–H groups in total. The Bertz CT molecular complexity index is 697. The monoisotopic (exact) mass is 330 g/mol. The summed E-state index contributed by atoms with van der Waals surface area (Å²) in [5, 5.41) is 9.48. The van der Waals surface area contributed by atoms with E-state index in [4.69, 9.17) is 14.2 Å². The number of fused-ring (bicyclic) bond motifs is 1. The lowest BCUT2D eigenvalue weighted by atomic mass is 10.1. The smallest absolute Gasteiger partial charge is 0.330 e. The number of ether oxygens (including phenoxy) is 3. The molecule has 128 valence electrons. The van der Waals surface area contributed by atoms with Crippen molar-refractivity contribution >= 4 is 0 Å². The molecule has 0 saturated carbocycles. The number of aliphatic hydroxyl groups is 1. The van der Waals surface area contributed by atoms with Crippen LogP contribution in [0.2, 0.25) is 0 Å². The molecule has 2 saturated heterocycles. The number of aromatic amines is 1. The molecular formula is C14H19FN2O6. The molecule has 2 aliphatic heterocycles. The summed E-state index contributed by atoms with van der Waals surface area (Å²) >= 11 is 0. The number of rotatable bonds is 4.